The number of benzene rings is 2. The third-order valence-electron chi connectivity index (χ3n) is 3.87. The van der Waals surface area contributed by atoms with Crippen LogP contribution in [-0.4, -0.2) is 24.6 Å². The quantitative estimate of drug-likeness (QED) is 0.422. The Morgan fingerprint density at radius 2 is 1.85 bits per heavy atom. The number of hydrogen-bond acceptors (Lipinski definition) is 5. The molecule has 0 heterocycles. The number of nitro benzene ring substituents is 1. The molecule has 1 atom stereocenters. The number of carbonyl (C=O) groups is 1. The van der Waals surface area contributed by atoms with Crippen LogP contribution < -0.4 is 4.31 Å². The largest absolute Gasteiger partial charge is 0.279 e. The first-order chi connectivity index (χ1) is 12.1. The molecule has 0 saturated heterocycles. The minimum atomic E-state index is -4.27. The van der Waals surface area contributed by atoms with Crippen LogP contribution in [0.2, 0.25) is 0 Å². The van der Waals surface area contributed by atoms with E-state index >= 15 is 0 Å². The molecule has 0 spiro atoms. The average Bonchev–Trinajstić information content (AvgIpc) is 2.57. The number of non-ortho nitro benzene ring substituents is 1. The van der Waals surface area contributed by atoms with Crippen molar-refractivity contribution in [2.24, 2.45) is 0 Å². The standard InChI is InChI=1S/C17H17ClN2O5S/c1-11-7-8-12(2)16(9-11)19(13(3)17(18)21)26(24,25)15-6-4-5-14(10-15)20(22)23/h4-10,13H,1-3H3. The van der Waals surface area contributed by atoms with E-state index in [1.165, 1.54) is 25.1 Å². The molecule has 9 heteroatoms. The van der Waals surface area contributed by atoms with Gasteiger partial charge in [0.05, 0.1) is 15.5 Å². The number of anilines is 1. The van der Waals surface area contributed by atoms with Crippen LogP contribution in [0.5, 0.6) is 0 Å². The van der Waals surface area contributed by atoms with Gasteiger partial charge in [0.25, 0.3) is 15.7 Å². The minimum absolute atomic E-state index is 0.290. The van der Waals surface area contributed by atoms with Crippen molar-refractivity contribution in [2.75, 3.05) is 4.31 Å². The van der Waals surface area contributed by atoms with Gasteiger partial charge in [0.15, 0.2) is 0 Å². The Morgan fingerprint density at radius 3 is 2.42 bits per heavy atom. The molecule has 1 unspecified atom stereocenters. The van der Waals surface area contributed by atoms with Gasteiger partial charge in [-0.15, -0.1) is 0 Å². The molecule has 0 amide bonds. The van der Waals surface area contributed by atoms with E-state index in [9.17, 15) is 23.3 Å². The van der Waals surface area contributed by atoms with Gasteiger partial charge in [-0.1, -0.05) is 18.2 Å². The van der Waals surface area contributed by atoms with E-state index in [1.54, 1.807) is 26.0 Å². The van der Waals surface area contributed by atoms with Crippen LogP contribution in [0.15, 0.2) is 47.4 Å². The van der Waals surface area contributed by atoms with Crippen LogP contribution in [0.3, 0.4) is 0 Å². The summed E-state index contributed by atoms with van der Waals surface area (Å²) in [7, 11) is -4.27. The van der Waals surface area contributed by atoms with Crippen LogP contribution in [0.1, 0.15) is 18.1 Å². The van der Waals surface area contributed by atoms with E-state index in [1.807, 2.05) is 6.07 Å². The Balaban J connectivity index is 2.72. The zero-order chi connectivity index (χ0) is 19.6. The lowest BCUT2D eigenvalue weighted by Gasteiger charge is -2.29. The fraction of sp³-hybridized carbons (Fsp3) is 0.235. The topological polar surface area (TPSA) is 97.6 Å². The van der Waals surface area contributed by atoms with Crippen molar-refractivity contribution in [1.82, 2.24) is 0 Å². The molecule has 0 aliphatic carbocycles. The van der Waals surface area contributed by atoms with Crippen LogP contribution >= 0.6 is 11.6 Å². The number of carbonyl (C=O) groups excluding carboxylic acids is 1. The highest BCUT2D eigenvalue weighted by molar-refractivity contribution is 7.93. The molecule has 2 aromatic rings. The first-order valence-corrected chi connectivity index (χ1v) is 9.43. The normalized spacial score (nSPS) is 12.5. The molecule has 7 nitrogen and oxygen atoms in total. The van der Waals surface area contributed by atoms with Gasteiger partial charge in [0, 0.05) is 12.1 Å². The summed E-state index contributed by atoms with van der Waals surface area (Å²) in [6.45, 7) is 4.86. The molecule has 0 aromatic heterocycles. The van der Waals surface area contributed by atoms with E-state index in [-0.39, 0.29) is 16.3 Å². The number of halogens is 1. The van der Waals surface area contributed by atoms with Crippen molar-refractivity contribution in [3.05, 3.63) is 63.7 Å². The van der Waals surface area contributed by atoms with Crippen molar-refractivity contribution in [3.63, 3.8) is 0 Å². The Hall–Kier alpha value is -2.45. The molecule has 0 saturated carbocycles. The van der Waals surface area contributed by atoms with Crippen LogP contribution in [0, 0.1) is 24.0 Å². The molecule has 26 heavy (non-hydrogen) atoms. The summed E-state index contributed by atoms with van der Waals surface area (Å²) < 4.78 is 27.3. The predicted octanol–water partition coefficient (Wildman–Crippen LogP) is 3.56. The van der Waals surface area contributed by atoms with E-state index in [0.29, 0.717) is 5.56 Å². The molecule has 0 radical (unpaired) electrons. The van der Waals surface area contributed by atoms with Crippen LogP contribution in [0.25, 0.3) is 0 Å². The highest BCUT2D eigenvalue weighted by atomic mass is 35.5. The third kappa shape index (κ3) is 3.86. The Labute approximate surface area is 156 Å². The first-order valence-electron chi connectivity index (χ1n) is 7.61. The molecule has 0 fully saturated rings. The summed E-state index contributed by atoms with van der Waals surface area (Å²) in [6, 6.07) is 8.64. The maximum atomic E-state index is 13.2. The third-order valence-corrected chi connectivity index (χ3v) is 6.06. The Kier molecular flexibility index (Phi) is 5.68. The number of rotatable bonds is 6. The maximum absolute atomic E-state index is 13.2. The van der Waals surface area contributed by atoms with E-state index < -0.39 is 26.2 Å². The zero-order valence-corrected chi connectivity index (χ0v) is 15.9. The van der Waals surface area contributed by atoms with E-state index in [4.69, 9.17) is 11.6 Å². The molecule has 2 aromatic carbocycles. The number of nitrogens with zero attached hydrogens (tertiary/aromatic N) is 2. The lowest BCUT2D eigenvalue weighted by molar-refractivity contribution is -0.385. The fourth-order valence-electron chi connectivity index (χ4n) is 2.47. The van der Waals surface area contributed by atoms with Gasteiger partial charge in [-0.25, -0.2) is 8.42 Å². The second-order valence-electron chi connectivity index (χ2n) is 5.83. The lowest BCUT2D eigenvalue weighted by Crippen LogP contribution is -2.42. The molecule has 0 aliphatic heterocycles. The van der Waals surface area contributed by atoms with Gasteiger partial charge in [0.2, 0.25) is 5.24 Å². The SMILES string of the molecule is Cc1ccc(C)c(N(C(C)C(=O)Cl)S(=O)(=O)c2cccc([N+](=O)[O-])c2)c1. The minimum Gasteiger partial charge on any atom is -0.279 e. The van der Waals surface area contributed by atoms with Gasteiger partial charge in [-0.2, -0.15) is 0 Å². The summed E-state index contributed by atoms with van der Waals surface area (Å²) in [5.41, 5.74) is 1.34. The summed E-state index contributed by atoms with van der Waals surface area (Å²) in [6.07, 6.45) is 0. The first kappa shape index (κ1) is 19.9. The lowest BCUT2D eigenvalue weighted by atomic mass is 10.1. The van der Waals surface area contributed by atoms with E-state index in [0.717, 1.165) is 15.9 Å². The summed E-state index contributed by atoms with van der Waals surface area (Å²) in [5, 5.41) is 10.1. The molecule has 0 N–H and O–H groups in total. The molecule has 138 valence electrons. The smallest absolute Gasteiger partial charge is 0.270 e. The number of aryl methyl sites for hydroxylation is 2. The molecule has 0 bridgehead atoms. The summed E-state index contributed by atoms with van der Waals surface area (Å²) in [5.74, 6) is 0. The Morgan fingerprint density at radius 1 is 1.19 bits per heavy atom. The molecule has 2 rings (SSSR count). The second-order valence-corrected chi connectivity index (χ2v) is 8.01. The zero-order valence-electron chi connectivity index (χ0n) is 14.3. The Bertz CT molecular complexity index is 975. The van der Waals surface area contributed by atoms with Crippen molar-refractivity contribution < 1.29 is 18.1 Å². The number of sulfonamides is 1. The van der Waals surface area contributed by atoms with E-state index in [2.05, 4.69) is 0 Å². The average molecular weight is 397 g/mol. The monoisotopic (exact) mass is 396 g/mol. The fourth-order valence-corrected chi connectivity index (χ4v) is 4.34. The van der Waals surface area contributed by atoms with Crippen molar-refractivity contribution in [3.8, 4) is 0 Å². The van der Waals surface area contributed by atoms with Gasteiger partial charge in [-0.3, -0.25) is 19.2 Å². The molecular weight excluding hydrogens is 380 g/mol. The maximum Gasteiger partial charge on any atom is 0.270 e. The van der Waals surface area contributed by atoms with Gasteiger partial charge >= 0.3 is 0 Å². The highest BCUT2D eigenvalue weighted by Gasteiger charge is 2.34. The summed E-state index contributed by atoms with van der Waals surface area (Å²) in [4.78, 5) is 21.8. The number of hydrogen-bond donors (Lipinski definition) is 0. The molecule has 0 aliphatic rings. The highest BCUT2D eigenvalue weighted by Crippen LogP contribution is 2.31. The van der Waals surface area contributed by atoms with Gasteiger partial charge in [0.1, 0.15) is 6.04 Å². The van der Waals surface area contributed by atoms with Gasteiger partial charge < -0.3 is 0 Å². The number of nitro groups is 1. The molecular formula is C17H17ClN2O5S. The van der Waals surface area contributed by atoms with Crippen LogP contribution in [0.4, 0.5) is 11.4 Å². The van der Waals surface area contributed by atoms with Crippen molar-refractivity contribution in [1.29, 1.82) is 0 Å². The second kappa shape index (κ2) is 7.43. The van der Waals surface area contributed by atoms with Crippen molar-refractivity contribution >= 4 is 38.2 Å². The van der Waals surface area contributed by atoms with Gasteiger partial charge in [-0.05, 0) is 55.6 Å². The van der Waals surface area contributed by atoms with Crippen LogP contribution in [-0.2, 0) is 14.8 Å². The predicted molar refractivity (Wildman–Crippen MR) is 99.0 cm³/mol. The summed E-state index contributed by atoms with van der Waals surface area (Å²) >= 11 is 5.59. The van der Waals surface area contributed by atoms with Crippen molar-refractivity contribution in [2.45, 2.75) is 31.7 Å².